The molecule has 0 unspecified atom stereocenters. The van der Waals surface area contributed by atoms with Crippen LogP contribution in [0, 0.1) is 0 Å². The smallest absolute Gasteiger partial charge is 0.215 e. The number of hydrogen-bond acceptors (Lipinski definition) is 2. The molecule has 14 heavy (non-hydrogen) atoms. The third kappa shape index (κ3) is 2.95. The highest BCUT2D eigenvalue weighted by Crippen LogP contribution is 2.26. The largest absolute Gasteiger partial charge is 0.218 e. The first-order chi connectivity index (χ1) is 6.46. The zero-order chi connectivity index (χ0) is 10.8. The molecule has 78 valence electrons. The molecule has 0 atom stereocenters. The quantitative estimate of drug-likeness (QED) is 0.929. The molecule has 1 rings (SSSR count). The average Bonchev–Trinajstić information content (AvgIpc) is 2.13. The molecule has 1 N–H and O–H groups in total. The number of benzene rings is 1. The molecule has 0 heterocycles. The van der Waals surface area contributed by atoms with Gasteiger partial charge in [0.25, 0.3) is 0 Å². The van der Waals surface area contributed by atoms with Crippen LogP contribution in [0.2, 0.25) is 5.02 Å². The van der Waals surface area contributed by atoms with E-state index in [4.69, 9.17) is 11.6 Å². The number of hydrogen-bond donors (Lipinski definition) is 1. The van der Waals surface area contributed by atoms with Gasteiger partial charge in [-0.1, -0.05) is 23.7 Å². The molecule has 0 saturated carbocycles. The van der Waals surface area contributed by atoms with E-state index >= 15 is 0 Å². The Morgan fingerprint density at radius 2 is 2.14 bits per heavy atom. The van der Waals surface area contributed by atoms with Crippen molar-refractivity contribution in [3.63, 3.8) is 0 Å². The van der Waals surface area contributed by atoms with Gasteiger partial charge in [-0.15, -0.1) is 0 Å². The molecule has 0 radical (unpaired) electrons. The monoisotopic (exact) mass is 297 g/mol. The van der Waals surface area contributed by atoms with Gasteiger partial charge in [0, 0.05) is 4.47 Å². The Kier molecular flexibility index (Phi) is 3.94. The molecule has 6 heteroatoms. The van der Waals surface area contributed by atoms with E-state index in [0.717, 1.165) is 0 Å². The molecule has 0 fully saturated rings. The van der Waals surface area contributed by atoms with Crippen LogP contribution in [-0.4, -0.2) is 15.5 Å². The Labute approximate surface area is 96.6 Å². The second kappa shape index (κ2) is 4.61. The summed E-state index contributed by atoms with van der Waals surface area (Å²) in [5.41, 5.74) is 0.579. The minimum atomic E-state index is -3.27. The van der Waals surface area contributed by atoms with Crippen molar-refractivity contribution in [3.8, 4) is 0 Å². The second-order valence-corrected chi connectivity index (χ2v) is 5.83. The Bertz CT molecular complexity index is 433. The van der Waals surface area contributed by atoms with Crippen LogP contribution in [0.4, 0.5) is 0 Å². The molecule has 0 amide bonds. The van der Waals surface area contributed by atoms with Crippen LogP contribution in [-0.2, 0) is 15.8 Å². The summed E-state index contributed by atoms with van der Waals surface area (Å²) in [5, 5.41) is 0.436. The molecule has 0 bridgehead atoms. The molecule has 3 nitrogen and oxygen atoms in total. The van der Waals surface area contributed by atoms with Gasteiger partial charge in [-0.2, -0.15) is 0 Å². The minimum absolute atomic E-state index is 0.109. The predicted octanol–water partition coefficient (Wildman–Crippen LogP) is 2.15. The van der Waals surface area contributed by atoms with E-state index in [0.29, 0.717) is 15.1 Å². The summed E-state index contributed by atoms with van der Waals surface area (Å²) < 4.78 is 25.4. The summed E-state index contributed by atoms with van der Waals surface area (Å²) in [5.74, 6) is -0.109. The number of rotatable bonds is 3. The SMILES string of the molecule is CNS(=O)(=O)Cc1cccc(Br)c1Cl. The molecule has 0 aromatic heterocycles. The first kappa shape index (κ1) is 12.0. The zero-order valence-corrected chi connectivity index (χ0v) is 10.6. The van der Waals surface area contributed by atoms with E-state index in [1.807, 2.05) is 0 Å². The summed E-state index contributed by atoms with van der Waals surface area (Å²) in [4.78, 5) is 0. The first-order valence-electron chi connectivity index (χ1n) is 3.80. The lowest BCUT2D eigenvalue weighted by atomic mass is 10.2. The molecular weight excluding hydrogens is 290 g/mol. The van der Waals surface area contributed by atoms with Crippen molar-refractivity contribution >= 4 is 37.6 Å². The van der Waals surface area contributed by atoms with E-state index in [2.05, 4.69) is 20.7 Å². The van der Waals surface area contributed by atoms with Crippen molar-refractivity contribution in [1.82, 2.24) is 4.72 Å². The van der Waals surface area contributed by atoms with Gasteiger partial charge in [-0.05, 0) is 34.6 Å². The Balaban J connectivity index is 3.05. The average molecular weight is 299 g/mol. The Hall–Kier alpha value is -0.100. The molecule has 0 aliphatic rings. The Morgan fingerprint density at radius 1 is 1.50 bits per heavy atom. The highest BCUT2D eigenvalue weighted by Gasteiger charge is 2.12. The van der Waals surface area contributed by atoms with Crippen LogP contribution >= 0.6 is 27.5 Å². The van der Waals surface area contributed by atoms with E-state index in [1.54, 1.807) is 18.2 Å². The molecule has 0 spiro atoms. The normalized spacial score (nSPS) is 11.6. The lowest BCUT2D eigenvalue weighted by Gasteiger charge is -2.05. The number of halogens is 2. The lowest BCUT2D eigenvalue weighted by Crippen LogP contribution is -2.20. The zero-order valence-electron chi connectivity index (χ0n) is 7.42. The maximum atomic E-state index is 11.2. The standard InChI is InChI=1S/C8H9BrClNO2S/c1-11-14(12,13)5-6-3-2-4-7(9)8(6)10/h2-4,11H,5H2,1H3. The maximum Gasteiger partial charge on any atom is 0.215 e. The first-order valence-corrected chi connectivity index (χ1v) is 6.62. The summed E-state index contributed by atoms with van der Waals surface area (Å²) in [7, 11) is -1.89. The summed E-state index contributed by atoms with van der Waals surface area (Å²) >= 11 is 9.15. The van der Waals surface area contributed by atoms with Gasteiger partial charge in [-0.25, -0.2) is 13.1 Å². The molecular formula is C8H9BrClNO2S. The van der Waals surface area contributed by atoms with Crippen LogP contribution in [0.15, 0.2) is 22.7 Å². The highest BCUT2D eigenvalue weighted by atomic mass is 79.9. The van der Waals surface area contributed by atoms with E-state index < -0.39 is 10.0 Å². The predicted molar refractivity (Wildman–Crippen MR) is 60.8 cm³/mol. The maximum absolute atomic E-state index is 11.2. The molecule has 1 aromatic carbocycles. The van der Waals surface area contributed by atoms with Crippen LogP contribution in [0.25, 0.3) is 0 Å². The van der Waals surface area contributed by atoms with Crippen molar-refractivity contribution in [3.05, 3.63) is 33.3 Å². The molecule has 0 saturated heterocycles. The third-order valence-corrected chi connectivity index (χ3v) is 4.34. The van der Waals surface area contributed by atoms with E-state index in [1.165, 1.54) is 7.05 Å². The molecule has 0 aliphatic heterocycles. The lowest BCUT2D eigenvalue weighted by molar-refractivity contribution is 0.587. The third-order valence-electron chi connectivity index (χ3n) is 1.69. The van der Waals surface area contributed by atoms with Crippen molar-refractivity contribution in [1.29, 1.82) is 0 Å². The Morgan fingerprint density at radius 3 is 2.71 bits per heavy atom. The summed E-state index contributed by atoms with van der Waals surface area (Å²) in [6.45, 7) is 0. The van der Waals surface area contributed by atoms with Crippen molar-refractivity contribution in [2.24, 2.45) is 0 Å². The van der Waals surface area contributed by atoms with Gasteiger partial charge in [0.2, 0.25) is 10.0 Å². The summed E-state index contributed by atoms with van der Waals surface area (Å²) in [6, 6.07) is 5.19. The second-order valence-electron chi connectivity index (χ2n) is 2.68. The topological polar surface area (TPSA) is 46.2 Å². The van der Waals surface area contributed by atoms with Crippen LogP contribution in [0.3, 0.4) is 0 Å². The fourth-order valence-corrected chi connectivity index (χ4v) is 2.41. The van der Waals surface area contributed by atoms with Crippen molar-refractivity contribution in [2.75, 3.05) is 7.05 Å². The van der Waals surface area contributed by atoms with Crippen molar-refractivity contribution < 1.29 is 8.42 Å². The van der Waals surface area contributed by atoms with Gasteiger partial charge in [-0.3, -0.25) is 0 Å². The van der Waals surface area contributed by atoms with Crippen molar-refractivity contribution in [2.45, 2.75) is 5.75 Å². The molecule has 1 aromatic rings. The molecule has 0 aliphatic carbocycles. The number of sulfonamides is 1. The van der Waals surface area contributed by atoms with E-state index in [9.17, 15) is 8.42 Å². The fraction of sp³-hybridized carbons (Fsp3) is 0.250. The van der Waals surface area contributed by atoms with Gasteiger partial charge in [0.1, 0.15) is 0 Å². The minimum Gasteiger partial charge on any atom is -0.218 e. The van der Waals surface area contributed by atoms with E-state index in [-0.39, 0.29) is 5.75 Å². The van der Waals surface area contributed by atoms with Crippen LogP contribution in [0.5, 0.6) is 0 Å². The highest BCUT2D eigenvalue weighted by molar-refractivity contribution is 9.10. The van der Waals surface area contributed by atoms with Gasteiger partial charge >= 0.3 is 0 Å². The summed E-state index contributed by atoms with van der Waals surface area (Å²) in [6.07, 6.45) is 0. The van der Waals surface area contributed by atoms with Gasteiger partial charge in [0.15, 0.2) is 0 Å². The van der Waals surface area contributed by atoms with Gasteiger partial charge in [0.05, 0.1) is 10.8 Å². The van der Waals surface area contributed by atoms with Crippen LogP contribution in [0.1, 0.15) is 5.56 Å². The van der Waals surface area contributed by atoms with Gasteiger partial charge < -0.3 is 0 Å². The number of nitrogens with one attached hydrogen (secondary N) is 1. The fourth-order valence-electron chi connectivity index (χ4n) is 0.937. The van der Waals surface area contributed by atoms with Crippen LogP contribution < -0.4 is 4.72 Å².